The van der Waals surface area contributed by atoms with Crippen LogP contribution in [0.15, 0.2) is 53.4 Å². The fourth-order valence-electron chi connectivity index (χ4n) is 4.08. The highest BCUT2D eigenvalue weighted by atomic mass is 32.2. The Labute approximate surface area is 160 Å². The summed E-state index contributed by atoms with van der Waals surface area (Å²) in [4.78, 5) is 17.9. The van der Waals surface area contributed by atoms with E-state index in [0.29, 0.717) is 18.2 Å². The monoisotopic (exact) mass is 384 g/mol. The molecule has 2 aliphatic rings. The molecule has 0 aromatic heterocycles. The summed E-state index contributed by atoms with van der Waals surface area (Å²) in [7, 11) is -3.35. The van der Waals surface area contributed by atoms with Gasteiger partial charge in [-0.05, 0) is 49.2 Å². The molecule has 0 bridgehead atoms. The lowest BCUT2D eigenvalue weighted by molar-refractivity contribution is 0.0980. The predicted molar refractivity (Wildman–Crippen MR) is 106 cm³/mol. The number of para-hydroxylation sites is 1. The van der Waals surface area contributed by atoms with E-state index in [9.17, 15) is 13.2 Å². The van der Waals surface area contributed by atoms with E-state index in [1.807, 2.05) is 23.1 Å². The number of nitrogens with zero attached hydrogens (tertiary/aromatic N) is 2. The molecule has 1 unspecified atom stereocenters. The van der Waals surface area contributed by atoms with E-state index >= 15 is 0 Å². The molecule has 0 N–H and O–H groups in total. The van der Waals surface area contributed by atoms with Gasteiger partial charge in [0.05, 0.1) is 10.6 Å². The summed E-state index contributed by atoms with van der Waals surface area (Å²) in [5.74, 6) is -0.113. The Kier molecular flexibility index (Phi) is 4.78. The number of carbonyl (C=O) groups is 1. The Balaban J connectivity index is 1.74. The minimum atomic E-state index is -3.35. The van der Waals surface area contributed by atoms with Crippen molar-refractivity contribution in [2.75, 3.05) is 23.7 Å². The van der Waals surface area contributed by atoms with E-state index in [1.54, 1.807) is 25.1 Å². The van der Waals surface area contributed by atoms with Crippen molar-refractivity contribution < 1.29 is 13.2 Å². The van der Waals surface area contributed by atoms with Crippen molar-refractivity contribution in [3.05, 3.63) is 59.7 Å². The number of anilines is 1. The molecule has 27 heavy (non-hydrogen) atoms. The third-order valence-corrected chi connectivity index (χ3v) is 7.35. The van der Waals surface area contributed by atoms with Crippen LogP contribution in [-0.4, -0.2) is 44.1 Å². The summed E-state index contributed by atoms with van der Waals surface area (Å²) in [6, 6.07) is 14.8. The summed E-state index contributed by atoms with van der Waals surface area (Å²) in [6.07, 6.45) is 2.24. The van der Waals surface area contributed by atoms with Gasteiger partial charge in [-0.15, -0.1) is 0 Å². The summed E-state index contributed by atoms with van der Waals surface area (Å²) < 4.78 is 24.4. The molecule has 0 saturated carbocycles. The molecule has 0 aliphatic carbocycles. The molecule has 5 nitrogen and oxygen atoms in total. The van der Waals surface area contributed by atoms with Gasteiger partial charge in [-0.3, -0.25) is 9.69 Å². The molecular formula is C21H24N2O3S. The Morgan fingerprint density at radius 1 is 1.15 bits per heavy atom. The Morgan fingerprint density at radius 2 is 1.96 bits per heavy atom. The number of hydrogen-bond donors (Lipinski definition) is 0. The molecular weight excluding hydrogens is 360 g/mol. The van der Waals surface area contributed by atoms with Gasteiger partial charge in [0.15, 0.2) is 9.84 Å². The summed E-state index contributed by atoms with van der Waals surface area (Å²) in [6.45, 7) is 4.17. The molecule has 2 aromatic carbocycles. The van der Waals surface area contributed by atoms with Gasteiger partial charge in [0.1, 0.15) is 0 Å². The molecule has 1 fully saturated rings. The molecule has 2 aromatic rings. The summed E-state index contributed by atoms with van der Waals surface area (Å²) >= 11 is 0. The van der Waals surface area contributed by atoms with Crippen LogP contribution < -0.4 is 4.90 Å². The third kappa shape index (κ3) is 3.39. The maximum atomic E-state index is 13.4. The smallest absolute Gasteiger partial charge is 0.258 e. The summed E-state index contributed by atoms with van der Waals surface area (Å²) in [5.41, 5.74) is 2.50. The van der Waals surface area contributed by atoms with Crippen molar-refractivity contribution in [1.82, 2.24) is 4.90 Å². The number of benzene rings is 2. The highest BCUT2D eigenvalue weighted by Crippen LogP contribution is 2.32. The van der Waals surface area contributed by atoms with E-state index in [0.717, 1.165) is 37.2 Å². The van der Waals surface area contributed by atoms with Crippen LogP contribution in [0.2, 0.25) is 0 Å². The number of amides is 1. The van der Waals surface area contributed by atoms with Gasteiger partial charge < -0.3 is 4.90 Å². The number of carbonyl (C=O) groups excluding carboxylic acids is 1. The first-order chi connectivity index (χ1) is 13.0. The lowest BCUT2D eigenvalue weighted by Crippen LogP contribution is -2.40. The largest absolute Gasteiger partial charge is 0.306 e. The van der Waals surface area contributed by atoms with E-state index in [-0.39, 0.29) is 16.6 Å². The Bertz CT molecular complexity index is 971. The van der Waals surface area contributed by atoms with Crippen LogP contribution in [0.1, 0.15) is 35.7 Å². The highest BCUT2D eigenvalue weighted by molar-refractivity contribution is 7.91. The van der Waals surface area contributed by atoms with Gasteiger partial charge in [-0.1, -0.05) is 31.2 Å². The topological polar surface area (TPSA) is 57.7 Å². The molecule has 0 radical (unpaired) electrons. The number of hydrogen-bond acceptors (Lipinski definition) is 4. The quantitative estimate of drug-likeness (QED) is 0.816. The fourth-order valence-corrected chi connectivity index (χ4v) is 5.01. The number of fused-ring (bicyclic) bond motifs is 2. The molecule has 1 amide bonds. The molecule has 1 saturated heterocycles. The van der Waals surface area contributed by atoms with Gasteiger partial charge >= 0.3 is 0 Å². The lowest BCUT2D eigenvalue weighted by Gasteiger charge is -2.26. The van der Waals surface area contributed by atoms with Gasteiger partial charge in [-0.2, -0.15) is 0 Å². The van der Waals surface area contributed by atoms with Crippen molar-refractivity contribution in [2.24, 2.45) is 0 Å². The van der Waals surface area contributed by atoms with Crippen LogP contribution in [0.4, 0.5) is 5.69 Å². The third-order valence-electron chi connectivity index (χ3n) is 5.61. The van der Waals surface area contributed by atoms with Crippen molar-refractivity contribution in [1.29, 1.82) is 0 Å². The predicted octanol–water partition coefficient (Wildman–Crippen LogP) is 3.11. The van der Waals surface area contributed by atoms with Gasteiger partial charge in [0.2, 0.25) is 0 Å². The van der Waals surface area contributed by atoms with Crippen molar-refractivity contribution in [3.63, 3.8) is 0 Å². The fraction of sp³-hybridized carbons (Fsp3) is 0.381. The van der Waals surface area contributed by atoms with Crippen LogP contribution in [0.5, 0.6) is 0 Å². The van der Waals surface area contributed by atoms with Gasteiger partial charge in [-0.25, -0.2) is 8.42 Å². The minimum absolute atomic E-state index is 0.0220. The number of rotatable bonds is 3. The van der Waals surface area contributed by atoms with Crippen LogP contribution in [-0.2, 0) is 16.4 Å². The molecule has 4 rings (SSSR count). The average molecular weight is 385 g/mol. The van der Waals surface area contributed by atoms with Gasteiger partial charge in [0, 0.05) is 30.4 Å². The molecule has 1 atom stereocenters. The van der Waals surface area contributed by atoms with Crippen molar-refractivity contribution >= 4 is 21.4 Å². The normalized spacial score (nSPS) is 20.0. The highest BCUT2D eigenvalue weighted by Gasteiger charge is 2.33. The first kappa shape index (κ1) is 18.2. The second-order valence-corrected chi connectivity index (χ2v) is 9.52. The van der Waals surface area contributed by atoms with Crippen LogP contribution in [0.25, 0.3) is 0 Å². The molecule has 142 valence electrons. The molecule has 6 heteroatoms. The van der Waals surface area contributed by atoms with E-state index in [2.05, 4.69) is 11.0 Å². The van der Waals surface area contributed by atoms with Crippen LogP contribution in [0, 0.1) is 0 Å². The van der Waals surface area contributed by atoms with E-state index < -0.39 is 9.84 Å². The first-order valence-electron chi connectivity index (χ1n) is 9.46. The molecule has 0 spiro atoms. The Morgan fingerprint density at radius 3 is 2.78 bits per heavy atom. The van der Waals surface area contributed by atoms with E-state index in [4.69, 9.17) is 0 Å². The number of sulfone groups is 1. The lowest BCUT2D eigenvalue weighted by atomic mass is 10.1. The zero-order valence-electron chi connectivity index (χ0n) is 15.5. The molecule has 2 heterocycles. The minimum Gasteiger partial charge on any atom is -0.306 e. The maximum Gasteiger partial charge on any atom is 0.258 e. The first-order valence-corrected chi connectivity index (χ1v) is 11.1. The molecule has 2 aliphatic heterocycles. The Hall–Kier alpha value is -2.18. The maximum absolute atomic E-state index is 13.4. The zero-order chi connectivity index (χ0) is 19.0. The van der Waals surface area contributed by atoms with Gasteiger partial charge in [0.25, 0.3) is 5.91 Å². The summed E-state index contributed by atoms with van der Waals surface area (Å²) in [5, 5.41) is 0. The standard InChI is InChI=1S/C21H24N2O3S/c1-2-27(25,26)19-10-5-8-16(13-19)21(24)23-15-18-9-6-12-22(18)14-17-7-3-4-11-20(17)23/h3-5,7-8,10-11,13,18H,2,6,9,12,14-15H2,1H3. The van der Waals surface area contributed by atoms with E-state index in [1.165, 1.54) is 6.07 Å². The van der Waals surface area contributed by atoms with Crippen LogP contribution in [0.3, 0.4) is 0 Å². The van der Waals surface area contributed by atoms with Crippen molar-refractivity contribution in [2.45, 2.75) is 37.2 Å². The van der Waals surface area contributed by atoms with Crippen LogP contribution >= 0.6 is 0 Å². The van der Waals surface area contributed by atoms with Crippen molar-refractivity contribution in [3.8, 4) is 0 Å². The SMILES string of the molecule is CCS(=O)(=O)c1cccc(C(=O)N2CC3CCCN3Cc3ccccc32)c1. The average Bonchev–Trinajstić information content (AvgIpc) is 3.06. The zero-order valence-corrected chi connectivity index (χ0v) is 16.3. The second-order valence-electron chi connectivity index (χ2n) is 7.24. The second kappa shape index (κ2) is 7.09.